The van der Waals surface area contributed by atoms with Crippen molar-refractivity contribution >= 4 is 23.5 Å². The summed E-state index contributed by atoms with van der Waals surface area (Å²) in [4.78, 5) is 31.5. The second kappa shape index (κ2) is 9.97. The summed E-state index contributed by atoms with van der Waals surface area (Å²) < 4.78 is 14.7. The zero-order valence-electron chi connectivity index (χ0n) is 22.5. The standard InChI is InChI=1S/C27H31FN10O2/c1-16-9-23(35-34-16)32-22-10-21(27(2,3)40)31-26(33-22)37-15-19-5-4-6-20(37)14-36(19)25(39)17-7-8-24(29-11-17)38-13-18(28)12-30-38/h7-13,19-20,40H,4-6,14-15H2,1-3H3,(H2,31,32,33,34,35). The molecule has 0 radical (unpaired) electrons. The number of fused-ring (bicyclic) bond motifs is 4. The van der Waals surface area contributed by atoms with E-state index in [2.05, 4.69) is 30.5 Å². The number of carbonyl (C=O) groups is 1. The molecule has 1 amide bonds. The third-order valence-electron chi connectivity index (χ3n) is 7.37. The first kappa shape index (κ1) is 25.9. The van der Waals surface area contributed by atoms with Crippen molar-refractivity contribution in [2.75, 3.05) is 23.3 Å². The van der Waals surface area contributed by atoms with Gasteiger partial charge in [0, 0.05) is 49.2 Å². The van der Waals surface area contributed by atoms with Crippen molar-refractivity contribution in [1.29, 1.82) is 0 Å². The number of pyridine rings is 1. The molecule has 208 valence electrons. The van der Waals surface area contributed by atoms with E-state index in [0.29, 0.717) is 47.7 Å². The number of aromatic amines is 1. The fourth-order valence-corrected chi connectivity index (χ4v) is 5.32. The number of nitrogens with zero attached hydrogens (tertiary/aromatic N) is 8. The predicted molar refractivity (Wildman–Crippen MR) is 145 cm³/mol. The fourth-order valence-electron chi connectivity index (χ4n) is 5.32. The van der Waals surface area contributed by atoms with E-state index in [4.69, 9.17) is 9.97 Å². The molecule has 13 heteroatoms. The number of hydrogen-bond donors (Lipinski definition) is 3. The number of carbonyl (C=O) groups excluding carboxylic acids is 1. The first-order valence-electron chi connectivity index (χ1n) is 13.3. The highest BCUT2D eigenvalue weighted by atomic mass is 19.1. The summed E-state index contributed by atoms with van der Waals surface area (Å²) in [6.07, 6.45) is 6.58. The van der Waals surface area contributed by atoms with Crippen molar-refractivity contribution in [3.63, 3.8) is 0 Å². The SMILES string of the molecule is Cc1cc(Nc2cc(C(C)(C)O)nc(N3CC4CCCC3CN4C(=O)c3ccc(-n4cc(F)cn4)nc3)n2)n[nH]1. The Morgan fingerprint density at radius 1 is 1.12 bits per heavy atom. The minimum absolute atomic E-state index is 0.0134. The summed E-state index contributed by atoms with van der Waals surface area (Å²) in [6, 6.07) is 6.94. The number of aryl methyl sites for hydroxylation is 1. The fraction of sp³-hybridized carbons (Fsp3) is 0.407. The molecule has 7 rings (SSSR count). The van der Waals surface area contributed by atoms with Gasteiger partial charge in [0.05, 0.1) is 23.7 Å². The van der Waals surface area contributed by atoms with E-state index in [0.717, 1.165) is 31.2 Å². The van der Waals surface area contributed by atoms with Gasteiger partial charge in [0.15, 0.2) is 17.5 Å². The summed E-state index contributed by atoms with van der Waals surface area (Å²) in [5, 5.41) is 25.1. The van der Waals surface area contributed by atoms with E-state index in [1.54, 1.807) is 32.0 Å². The van der Waals surface area contributed by atoms with Gasteiger partial charge in [-0.05, 0) is 52.2 Å². The predicted octanol–water partition coefficient (Wildman–Crippen LogP) is 3.08. The topological polar surface area (TPSA) is 141 Å². The summed E-state index contributed by atoms with van der Waals surface area (Å²) in [6.45, 7) is 6.40. The van der Waals surface area contributed by atoms with Crippen molar-refractivity contribution in [2.45, 2.75) is 57.7 Å². The zero-order chi connectivity index (χ0) is 28.0. The number of rotatable bonds is 6. The molecule has 40 heavy (non-hydrogen) atoms. The zero-order valence-corrected chi connectivity index (χ0v) is 22.5. The van der Waals surface area contributed by atoms with Crippen LogP contribution in [-0.2, 0) is 5.60 Å². The minimum Gasteiger partial charge on any atom is -0.384 e. The molecule has 3 saturated heterocycles. The third kappa shape index (κ3) is 5.11. The lowest BCUT2D eigenvalue weighted by molar-refractivity contribution is 0.0636. The van der Waals surface area contributed by atoms with Crippen LogP contribution in [0.3, 0.4) is 0 Å². The number of piperazine rings is 1. The summed E-state index contributed by atoms with van der Waals surface area (Å²) in [5.74, 6) is 1.55. The Kier molecular flexibility index (Phi) is 6.45. The Morgan fingerprint density at radius 2 is 1.95 bits per heavy atom. The highest BCUT2D eigenvalue weighted by Gasteiger charge is 2.40. The third-order valence-corrected chi connectivity index (χ3v) is 7.37. The van der Waals surface area contributed by atoms with Gasteiger partial charge in [-0.15, -0.1) is 0 Å². The second-order valence-electron chi connectivity index (χ2n) is 10.9. The van der Waals surface area contributed by atoms with E-state index in [9.17, 15) is 14.3 Å². The maximum absolute atomic E-state index is 13.6. The molecule has 3 N–H and O–H groups in total. The van der Waals surface area contributed by atoms with Crippen LogP contribution in [0.4, 0.5) is 22.0 Å². The molecule has 3 aliphatic heterocycles. The first-order chi connectivity index (χ1) is 19.1. The van der Waals surface area contributed by atoms with E-state index in [1.807, 2.05) is 17.9 Å². The van der Waals surface area contributed by atoms with Gasteiger partial charge in [-0.2, -0.15) is 15.2 Å². The van der Waals surface area contributed by atoms with Crippen molar-refractivity contribution in [3.8, 4) is 5.82 Å². The van der Waals surface area contributed by atoms with Gasteiger partial charge in [-0.1, -0.05) is 0 Å². The van der Waals surface area contributed by atoms with Gasteiger partial charge >= 0.3 is 0 Å². The Morgan fingerprint density at radius 3 is 2.62 bits per heavy atom. The summed E-state index contributed by atoms with van der Waals surface area (Å²) >= 11 is 0. The highest BCUT2D eigenvalue weighted by Crippen LogP contribution is 2.33. The molecule has 0 aliphatic carbocycles. The number of aromatic nitrogens is 7. The molecule has 2 atom stereocenters. The normalized spacial score (nSPS) is 19.1. The molecule has 4 aromatic rings. The molecular weight excluding hydrogens is 515 g/mol. The van der Waals surface area contributed by atoms with Crippen LogP contribution >= 0.6 is 0 Å². The molecule has 12 nitrogen and oxygen atoms in total. The van der Waals surface area contributed by atoms with Crippen LogP contribution in [0.15, 0.2) is 42.9 Å². The molecule has 7 heterocycles. The minimum atomic E-state index is -1.18. The average Bonchev–Trinajstić information content (AvgIpc) is 3.42. The lowest BCUT2D eigenvalue weighted by atomic mass is 10.0. The molecule has 2 bridgehead atoms. The molecular formula is C27H31FN10O2. The quantitative estimate of drug-likeness (QED) is 0.333. The van der Waals surface area contributed by atoms with Crippen LogP contribution in [0.5, 0.6) is 0 Å². The lowest BCUT2D eigenvalue weighted by Crippen LogP contribution is -2.58. The Labute approximate surface area is 230 Å². The number of halogens is 1. The molecule has 0 saturated carbocycles. The van der Waals surface area contributed by atoms with Crippen molar-refractivity contribution < 1.29 is 14.3 Å². The van der Waals surface area contributed by atoms with Crippen molar-refractivity contribution in [2.24, 2.45) is 0 Å². The number of hydrogen-bond acceptors (Lipinski definition) is 9. The van der Waals surface area contributed by atoms with Gasteiger partial charge in [-0.3, -0.25) is 9.89 Å². The average molecular weight is 547 g/mol. The lowest BCUT2D eigenvalue weighted by Gasteiger charge is -2.44. The molecule has 3 fully saturated rings. The largest absolute Gasteiger partial charge is 0.384 e. The molecule has 4 aromatic heterocycles. The Balaban J connectivity index is 1.25. The van der Waals surface area contributed by atoms with E-state index in [1.165, 1.54) is 17.1 Å². The van der Waals surface area contributed by atoms with Crippen LogP contribution in [0.2, 0.25) is 0 Å². The number of aliphatic hydroxyl groups is 1. The van der Waals surface area contributed by atoms with Gasteiger partial charge in [-0.25, -0.2) is 19.0 Å². The molecule has 0 spiro atoms. The van der Waals surface area contributed by atoms with Crippen LogP contribution in [0.25, 0.3) is 5.82 Å². The number of amides is 1. The highest BCUT2D eigenvalue weighted by molar-refractivity contribution is 5.94. The van der Waals surface area contributed by atoms with Gasteiger partial charge < -0.3 is 20.2 Å². The van der Waals surface area contributed by atoms with Crippen LogP contribution in [0.1, 0.15) is 54.9 Å². The maximum Gasteiger partial charge on any atom is 0.255 e. The van der Waals surface area contributed by atoms with Crippen molar-refractivity contribution in [1.82, 2.24) is 39.8 Å². The van der Waals surface area contributed by atoms with Gasteiger partial charge in [0.25, 0.3) is 5.91 Å². The number of H-pyrrole nitrogens is 1. The van der Waals surface area contributed by atoms with Crippen molar-refractivity contribution in [3.05, 3.63) is 65.6 Å². The van der Waals surface area contributed by atoms with E-state index >= 15 is 0 Å². The van der Waals surface area contributed by atoms with E-state index in [-0.39, 0.29) is 18.0 Å². The Bertz CT molecular complexity index is 1530. The Hall–Kier alpha value is -4.39. The summed E-state index contributed by atoms with van der Waals surface area (Å²) in [7, 11) is 0. The van der Waals surface area contributed by atoms with Crippen LogP contribution in [0, 0.1) is 12.7 Å². The maximum atomic E-state index is 13.6. The monoisotopic (exact) mass is 546 g/mol. The van der Waals surface area contributed by atoms with E-state index < -0.39 is 11.4 Å². The molecule has 0 aromatic carbocycles. The second-order valence-corrected chi connectivity index (χ2v) is 10.9. The summed E-state index contributed by atoms with van der Waals surface area (Å²) in [5.41, 5.74) is 0.693. The number of nitrogens with one attached hydrogen (secondary N) is 2. The van der Waals surface area contributed by atoms with Gasteiger partial charge in [0.1, 0.15) is 11.4 Å². The van der Waals surface area contributed by atoms with Crippen LogP contribution in [-0.4, -0.2) is 76.0 Å². The molecule has 3 aliphatic rings. The number of anilines is 3. The first-order valence-corrected chi connectivity index (χ1v) is 13.3. The van der Waals surface area contributed by atoms with Gasteiger partial charge in [0.2, 0.25) is 5.95 Å². The molecule has 2 unspecified atom stereocenters. The van der Waals surface area contributed by atoms with Crippen LogP contribution < -0.4 is 10.2 Å². The smallest absolute Gasteiger partial charge is 0.255 e.